The molecule has 0 unspecified atom stereocenters. The molecular formula is C10H21FO. The molecule has 2 heteroatoms. The Morgan fingerprint density at radius 2 is 1.50 bits per heavy atom. The highest BCUT2D eigenvalue weighted by molar-refractivity contribution is 4.44. The maximum atomic E-state index is 11.6. The molecule has 0 saturated heterocycles. The molecule has 0 atom stereocenters. The summed E-state index contributed by atoms with van der Waals surface area (Å²) in [6, 6.07) is 0. The molecule has 0 aliphatic carbocycles. The lowest BCUT2D eigenvalue weighted by Gasteiger charge is -2.00. The van der Waals surface area contributed by atoms with Crippen molar-refractivity contribution in [2.75, 3.05) is 19.9 Å². The Balaban J connectivity index is 2.73. The van der Waals surface area contributed by atoms with Crippen LogP contribution in [0.4, 0.5) is 4.39 Å². The van der Waals surface area contributed by atoms with Crippen LogP contribution in [0.2, 0.25) is 0 Å². The molecule has 0 bridgehead atoms. The Kier molecular flexibility index (Phi) is 10.8. The van der Waals surface area contributed by atoms with Gasteiger partial charge < -0.3 is 4.74 Å². The van der Waals surface area contributed by atoms with Crippen molar-refractivity contribution in [1.29, 1.82) is 0 Å². The summed E-state index contributed by atoms with van der Waals surface area (Å²) in [7, 11) is 0. The van der Waals surface area contributed by atoms with Crippen LogP contribution in [0.3, 0.4) is 0 Å². The van der Waals surface area contributed by atoms with Gasteiger partial charge in [0.15, 0.2) is 0 Å². The van der Waals surface area contributed by atoms with Crippen LogP contribution >= 0.6 is 0 Å². The molecule has 0 fully saturated rings. The van der Waals surface area contributed by atoms with Crippen molar-refractivity contribution in [1.82, 2.24) is 0 Å². The van der Waals surface area contributed by atoms with Gasteiger partial charge in [-0.15, -0.1) is 0 Å². The highest BCUT2D eigenvalue weighted by Crippen LogP contribution is 2.05. The van der Waals surface area contributed by atoms with Gasteiger partial charge in [0, 0.05) is 13.2 Å². The number of hydrogen-bond acceptors (Lipinski definition) is 1. The molecule has 0 aromatic heterocycles. The SMILES string of the molecule is CCOCCCCCCCCF. The Hall–Kier alpha value is -0.110. The van der Waals surface area contributed by atoms with Crippen LogP contribution in [0.15, 0.2) is 0 Å². The molecular weight excluding hydrogens is 155 g/mol. The largest absolute Gasteiger partial charge is 0.382 e. The summed E-state index contributed by atoms with van der Waals surface area (Å²) in [6.45, 7) is 3.57. The van der Waals surface area contributed by atoms with E-state index in [9.17, 15) is 4.39 Å². The normalized spacial score (nSPS) is 10.5. The van der Waals surface area contributed by atoms with Gasteiger partial charge in [-0.2, -0.15) is 0 Å². The van der Waals surface area contributed by atoms with E-state index in [1.807, 2.05) is 6.92 Å². The van der Waals surface area contributed by atoms with E-state index in [0.717, 1.165) is 32.5 Å². The maximum Gasteiger partial charge on any atom is 0.0894 e. The molecule has 0 amide bonds. The molecule has 0 aliphatic rings. The summed E-state index contributed by atoms with van der Waals surface area (Å²) in [5.41, 5.74) is 0. The van der Waals surface area contributed by atoms with E-state index in [2.05, 4.69) is 0 Å². The van der Waals surface area contributed by atoms with Gasteiger partial charge in [-0.05, 0) is 19.8 Å². The van der Waals surface area contributed by atoms with Gasteiger partial charge in [0.1, 0.15) is 0 Å². The first-order chi connectivity index (χ1) is 5.91. The minimum atomic E-state index is -0.154. The second-order valence-electron chi connectivity index (χ2n) is 3.01. The fourth-order valence-electron chi connectivity index (χ4n) is 1.15. The van der Waals surface area contributed by atoms with E-state index >= 15 is 0 Å². The number of hydrogen-bond donors (Lipinski definition) is 0. The van der Waals surface area contributed by atoms with Crippen LogP contribution in [0, 0.1) is 0 Å². The zero-order chi connectivity index (χ0) is 9.07. The third kappa shape index (κ3) is 9.89. The number of halogens is 1. The van der Waals surface area contributed by atoms with E-state index in [1.54, 1.807) is 0 Å². The van der Waals surface area contributed by atoms with Crippen molar-refractivity contribution in [3.8, 4) is 0 Å². The van der Waals surface area contributed by atoms with Crippen LogP contribution in [-0.2, 0) is 4.74 Å². The average Bonchev–Trinajstić information content (AvgIpc) is 2.10. The average molecular weight is 176 g/mol. The first-order valence-electron chi connectivity index (χ1n) is 5.05. The summed E-state index contributed by atoms with van der Waals surface area (Å²) in [5.74, 6) is 0. The zero-order valence-electron chi connectivity index (χ0n) is 8.15. The monoisotopic (exact) mass is 176 g/mol. The van der Waals surface area contributed by atoms with E-state index < -0.39 is 0 Å². The van der Waals surface area contributed by atoms with E-state index in [1.165, 1.54) is 19.3 Å². The number of ether oxygens (including phenoxy) is 1. The Morgan fingerprint density at radius 1 is 0.917 bits per heavy atom. The third-order valence-corrected chi connectivity index (χ3v) is 1.88. The fraction of sp³-hybridized carbons (Fsp3) is 1.00. The summed E-state index contributed by atoms with van der Waals surface area (Å²) < 4.78 is 16.9. The maximum absolute atomic E-state index is 11.6. The Morgan fingerprint density at radius 3 is 2.08 bits per heavy atom. The van der Waals surface area contributed by atoms with E-state index in [4.69, 9.17) is 4.74 Å². The van der Waals surface area contributed by atoms with Crippen molar-refractivity contribution in [2.24, 2.45) is 0 Å². The Bertz CT molecular complexity index is 66.2. The molecule has 0 aromatic rings. The molecule has 0 spiro atoms. The quantitative estimate of drug-likeness (QED) is 0.490. The predicted molar refractivity (Wildman–Crippen MR) is 50.2 cm³/mol. The molecule has 74 valence electrons. The van der Waals surface area contributed by atoms with Gasteiger partial charge >= 0.3 is 0 Å². The topological polar surface area (TPSA) is 9.23 Å². The van der Waals surface area contributed by atoms with E-state index in [-0.39, 0.29) is 6.67 Å². The molecule has 0 N–H and O–H groups in total. The van der Waals surface area contributed by atoms with Crippen LogP contribution in [0.1, 0.15) is 45.4 Å². The minimum Gasteiger partial charge on any atom is -0.382 e. The molecule has 12 heavy (non-hydrogen) atoms. The molecule has 0 heterocycles. The summed E-state index contributed by atoms with van der Waals surface area (Å²) in [5, 5.41) is 0. The van der Waals surface area contributed by atoms with Gasteiger partial charge in [0.25, 0.3) is 0 Å². The van der Waals surface area contributed by atoms with Crippen molar-refractivity contribution < 1.29 is 9.13 Å². The highest BCUT2D eigenvalue weighted by Gasteiger charge is 1.90. The van der Waals surface area contributed by atoms with Gasteiger partial charge in [0.05, 0.1) is 6.67 Å². The first kappa shape index (κ1) is 11.9. The van der Waals surface area contributed by atoms with Crippen LogP contribution in [0.25, 0.3) is 0 Å². The fourth-order valence-corrected chi connectivity index (χ4v) is 1.15. The van der Waals surface area contributed by atoms with Crippen LogP contribution in [-0.4, -0.2) is 19.9 Å². The molecule has 0 aliphatic heterocycles. The standard InChI is InChI=1S/C10H21FO/c1-2-12-10-8-6-4-3-5-7-9-11/h2-10H2,1H3. The Labute approximate surface area is 75.3 Å². The van der Waals surface area contributed by atoms with Gasteiger partial charge in [-0.1, -0.05) is 25.7 Å². The second-order valence-corrected chi connectivity index (χ2v) is 3.01. The number of alkyl halides is 1. The third-order valence-electron chi connectivity index (χ3n) is 1.88. The molecule has 1 nitrogen and oxygen atoms in total. The molecule has 0 radical (unpaired) electrons. The van der Waals surface area contributed by atoms with E-state index in [0.29, 0.717) is 0 Å². The molecule has 0 saturated carbocycles. The smallest absolute Gasteiger partial charge is 0.0894 e. The van der Waals surface area contributed by atoms with Crippen molar-refractivity contribution in [3.63, 3.8) is 0 Å². The van der Waals surface area contributed by atoms with Crippen molar-refractivity contribution >= 4 is 0 Å². The number of rotatable bonds is 9. The lowest BCUT2D eigenvalue weighted by molar-refractivity contribution is 0.143. The lowest BCUT2D eigenvalue weighted by Crippen LogP contribution is -1.92. The summed E-state index contributed by atoms with van der Waals surface area (Å²) in [6.07, 6.45) is 6.58. The second kappa shape index (κ2) is 10.9. The van der Waals surface area contributed by atoms with Crippen molar-refractivity contribution in [3.05, 3.63) is 0 Å². The summed E-state index contributed by atoms with van der Waals surface area (Å²) in [4.78, 5) is 0. The van der Waals surface area contributed by atoms with Crippen LogP contribution in [0.5, 0.6) is 0 Å². The minimum absolute atomic E-state index is 0.154. The van der Waals surface area contributed by atoms with Crippen LogP contribution < -0.4 is 0 Å². The molecule has 0 aromatic carbocycles. The lowest BCUT2D eigenvalue weighted by atomic mass is 10.1. The summed E-state index contributed by atoms with van der Waals surface area (Å²) >= 11 is 0. The predicted octanol–water partition coefficient (Wildman–Crippen LogP) is 3.33. The highest BCUT2D eigenvalue weighted by atomic mass is 19.1. The van der Waals surface area contributed by atoms with Gasteiger partial charge in [-0.25, -0.2) is 0 Å². The molecule has 0 rings (SSSR count). The first-order valence-corrected chi connectivity index (χ1v) is 5.05. The van der Waals surface area contributed by atoms with Gasteiger partial charge in [0.2, 0.25) is 0 Å². The van der Waals surface area contributed by atoms with Crippen molar-refractivity contribution in [2.45, 2.75) is 45.4 Å². The van der Waals surface area contributed by atoms with Gasteiger partial charge in [-0.3, -0.25) is 4.39 Å². The zero-order valence-corrected chi connectivity index (χ0v) is 8.15. The number of unbranched alkanes of at least 4 members (excludes halogenated alkanes) is 5.